The zero-order valence-electron chi connectivity index (χ0n) is 12.2. The third-order valence-electron chi connectivity index (χ3n) is 4.23. The number of benzene rings is 1. The number of amides is 1. The van der Waals surface area contributed by atoms with Crippen LogP contribution in [0.2, 0.25) is 0 Å². The molecule has 0 aromatic heterocycles. The molecule has 2 unspecified atom stereocenters. The lowest BCUT2D eigenvalue weighted by Crippen LogP contribution is -2.58. The standard InChI is InChI=1S/C16H20N2O3/c1-2-21-15(19)9-13-16(20)18-8-7-11-5-3-4-6-12(11)14(18)10-17-13/h3-6,13-14,17H,2,7-10H2,1H3. The fourth-order valence-corrected chi connectivity index (χ4v) is 3.22. The molecule has 1 aromatic rings. The molecular formula is C16H20N2O3. The van der Waals surface area contributed by atoms with E-state index in [-0.39, 0.29) is 24.3 Å². The van der Waals surface area contributed by atoms with Gasteiger partial charge in [0.1, 0.15) is 0 Å². The average molecular weight is 288 g/mol. The van der Waals surface area contributed by atoms with E-state index in [9.17, 15) is 9.59 Å². The van der Waals surface area contributed by atoms with E-state index in [0.29, 0.717) is 13.2 Å². The van der Waals surface area contributed by atoms with Crippen molar-refractivity contribution in [3.63, 3.8) is 0 Å². The van der Waals surface area contributed by atoms with Crippen molar-refractivity contribution >= 4 is 11.9 Å². The summed E-state index contributed by atoms with van der Waals surface area (Å²) in [5.74, 6) is -0.312. The second-order valence-corrected chi connectivity index (χ2v) is 5.47. The second kappa shape index (κ2) is 5.85. The van der Waals surface area contributed by atoms with Crippen LogP contribution in [0.5, 0.6) is 0 Å². The van der Waals surface area contributed by atoms with Crippen LogP contribution in [0.15, 0.2) is 24.3 Å². The maximum atomic E-state index is 12.6. The quantitative estimate of drug-likeness (QED) is 0.844. The summed E-state index contributed by atoms with van der Waals surface area (Å²) in [6.07, 6.45) is 0.988. The lowest BCUT2D eigenvalue weighted by Gasteiger charge is -2.43. The molecule has 1 aromatic carbocycles. The van der Waals surface area contributed by atoms with Crippen molar-refractivity contribution < 1.29 is 14.3 Å². The molecule has 1 amide bonds. The summed E-state index contributed by atoms with van der Waals surface area (Å²) in [4.78, 5) is 26.1. The molecule has 0 radical (unpaired) electrons. The highest BCUT2D eigenvalue weighted by atomic mass is 16.5. The zero-order chi connectivity index (χ0) is 14.8. The van der Waals surface area contributed by atoms with Crippen molar-refractivity contribution in [2.75, 3.05) is 19.7 Å². The maximum Gasteiger partial charge on any atom is 0.307 e. The lowest BCUT2D eigenvalue weighted by atomic mass is 9.90. The van der Waals surface area contributed by atoms with Gasteiger partial charge in [-0.15, -0.1) is 0 Å². The minimum absolute atomic E-state index is 0.00815. The van der Waals surface area contributed by atoms with Crippen molar-refractivity contribution in [3.05, 3.63) is 35.4 Å². The van der Waals surface area contributed by atoms with E-state index >= 15 is 0 Å². The molecule has 2 aliphatic heterocycles. The number of nitrogens with one attached hydrogen (secondary N) is 1. The van der Waals surface area contributed by atoms with Gasteiger partial charge < -0.3 is 15.0 Å². The monoisotopic (exact) mass is 288 g/mol. The van der Waals surface area contributed by atoms with Gasteiger partial charge in [0.2, 0.25) is 5.91 Å². The van der Waals surface area contributed by atoms with Crippen molar-refractivity contribution in [1.82, 2.24) is 10.2 Å². The van der Waals surface area contributed by atoms with Gasteiger partial charge in [-0.25, -0.2) is 0 Å². The summed E-state index contributed by atoms with van der Waals surface area (Å²) < 4.78 is 4.94. The van der Waals surface area contributed by atoms with Crippen LogP contribution in [0.3, 0.4) is 0 Å². The third kappa shape index (κ3) is 2.65. The van der Waals surface area contributed by atoms with Crippen molar-refractivity contribution in [2.24, 2.45) is 0 Å². The topological polar surface area (TPSA) is 58.6 Å². The molecule has 1 fully saturated rings. The highest BCUT2D eigenvalue weighted by Gasteiger charge is 2.39. The Kier molecular flexibility index (Phi) is 3.92. The first-order valence-corrected chi connectivity index (χ1v) is 7.48. The summed E-state index contributed by atoms with van der Waals surface area (Å²) in [6, 6.07) is 7.90. The summed E-state index contributed by atoms with van der Waals surface area (Å²) in [5, 5.41) is 3.21. The number of piperazine rings is 1. The predicted octanol–water partition coefficient (Wildman–Crippen LogP) is 1.04. The fourth-order valence-electron chi connectivity index (χ4n) is 3.22. The number of carbonyl (C=O) groups excluding carboxylic acids is 2. The largest absolute Gasteiger partial charge is 0.466 e. The van der Waals surface area contributed by atoms with Crippen LogP contribution < -0.4 is 5.32 Å². The average Bonchev–Trinajstić information content (AvgIpc) is 2.50. The van der Waals surface area contributed by atoms with Crippen molar-refractivity contribution in [3.8, 4) is 0 Å². The molecule has 112 valence electrons. The molecule has 2 heterocycles. The van der Waals surface area contributed by atoms with Gasteiger partial charge in [0.25, 0.3) is 0 Å². The Hall–Kier alpha value is -1.88. The highest BCUT2D eigenvalue weighted by molar-refractivity contribution is 5.88. The Balaban J connectivity index is 1.74. The van der Waals surface area contributed by atoms with Crippen LogP contribution in [0.1, 0.15) is 30.5 Å². The fraction of sp³-hybridized carbons (Fsp3) is 0.500. The second-order valence-electron chi connectivity index (χ2n) is 5.47. The van der Waals surface area contributed by atoms with Gasteiger partial charge in [-0.1, -0.05) is 24.3 Å². The minimum atomic E-state index is -0.453. The van der Waals surface area contributed by atoms with Gasteiger partial charge in [-0.2, -0.15) is 0 Å². The molecule has 0 bridgehead atoms. The van der Waals surface area contributed by atoms with Crippen LogP contribution in [0.4, 0.5) is 0 Å². The number of hydrogen-bond donors (Lipinski definition) is 1. The Morgan fingerprint density at radius 1 is 1.43 bits per heavy atom. The SMILES string of the molecule is CCOC(=O)CC1NCC2c3ccccc3CCN2C1=O. The van der Waals surface area contributed by atoms with Crippen LogP contribution in [-0.2, 0) is 20.7 Å². The van der Waals surface area contributed by atoms with Crippen LogP contribution in [-0.4, -0.2) is 42.5 Å². The molecule has 5 nitrogen and oxygen atoms in total. The predicted molar refractivity (Wildman–Crippen MR) is 77.6 cm³/mol. The number of rotatable bonds is 3. The molecule has 0 saturated carbocycles. The van der Waals surface area contributed by atoms with Gasteiger partial charge in [0.05, 0.1) is 25.1 Å². The van der Waals surface area contributed by atoms with E-state index in [4.69, 9.17) is 4.74 Å². The van der Waals surface area contributed by atoms with Crippen molar-refractivity contribution in [1.29, 1.82) is 0 Å². The Morgan fingerprint density at radius 3 is 3.05 bits per heavy atom. The van der Waals surface area contributed by atoms with E-state index in [2.05, 4.69) is 17.4 Å². The number of ether oxygens (including phenoxy) is 1. The molecule has 2 atom stereocenters. The number of esters is 1. The molecule has 3 rings (SSSR count). The van der Waals surface area contributed by atoms with Crippen LogP contribution in [0.25, 0.3) is 0 Å². The molecular weight excluding hydrogens is 268 g/mol. The maximum absolute atomic E-state index is 12.6. The van der Waals surface area contributed by atoms with Crippen LogP contribution >= 0.6 is 0 Å². The van der Waals surface area contributed by atoms with E-state index in [1.165, 1.54) is 11.1 Å². The normalized spacial score (nSPS) is 24.2. The van der Waals surface area contributed by atoms with Crippen molar-refractivity contribution in [2.45, 2.75) is 31.8 Å². The van der Waals surface area contributed by atoms with Gasteiger partial charge in [0, 0.05) is 13.1 Å². The van der Waals surface area contributed by atoms with Gasteiger partial charge in [-0.05, 0) is 24.5 Å². The van der Waals surface area contributed by atoms with E-state index in [1.54, 1.807) is 6.92 Å². The smallest absolute Gasteiger partial charge is 0.307 e. The third-order valence-corrected chi connectivity index (χ3v) is 4.23. The summed E-state index contributed by atoms with van der Waals surface area (Å²) in [6.45, 7) is 3.53. The summed E-state index contributed by atoms with van der Waals surface area (Å²) >= 11 is 0. The molecule has 0 spiro atoms. The van der Waals surface area contributed by atoms with E-state index in [1.807, 2.05) is 17.0 Å². The minimum Gasteiger partial charge on any atom is -0.466 e. The Morgan fingerprint density at radius 2 is 2.24 bits per heavy atom. The number of fused-ring (bicyclic) bond motifs is 3. The van der Waals surface area contributed by atoms with E-state index < -0.39 is 6.04 Å². The molecule has 1 N–H and O–H groups in total. The molecule has 21 heavy (non-hydrogen) atoms. The first kappa shape index (κ1) is 14.1. The molecule has 2 aliphatic rings. The number of carbonyl (C=O) groups is 2. The molecule has 5 heteroatoms. The zero-order valence-corrected chi connectivity index (χ0v) is 12.2. The number of hydrogen-bond acceptors (Lipinski definition) is 4. The molecule has 1 saturated heterocycles. The summed E-state index contributed by atoms with van der Waals surface area (Å²) in [7, 11) is 0. The molecule has 0 aliphatic carbocycles. The summed E-state index contributed by atoms with van der Waals surface area (Å²) in [5.41, 5.74) is 2.54. The van der Waals surface area contributed by atoms with Gasteiger partial charge >= 0.3 is 5.97 Å². The van der Waals surface area contributed by atoms with E-state index in [0.717, 1.165) is 13.0 Å². The van der Waals surface area contributed by atoms with Crippen LogP contribution in [0, 0.1) is 0 Å². The van der Waals surface area contributed by atoms with Gasteiger partial charge in [-0.3, -0.25) is 9.59 Å². The van der Waals surface area contributed by atoms with Gasteiger partial charge in [0.15, 0.2) is 0 Å². The number of nitrogens with zero attached hydrogens (tertiary/aromatic N) is 1. The first-order chi connectivity index (χ1) is 10.2. The first-order valence-electron chi connectivity index (χ1n) is 7.48. The lowest BCUT2D eigenvalue weighted by molar-refractivity contribution is -0.149. The Labute approximate surface area is 124 Å². The highest BCUT2D eigenvalue weighted by Crippen LogP contribution is 2.32. The Bertz CT molecular complexity index is 558.